The van der Waals surface area contributed by atoms with Gasteiger partial charge in [0.1, 0.15) is 0 Å². The van der Waals surface area contributed by atoms with E-state index in [1.165, 1.54) is 6.07 Å². The van der Waals surface area contributed by atoms with Crippen molar-refractivity contribution < 1.29 is 4.79 Å². The van der Waals surface area contributed by atoms with Gasteiger partial charge in [0, 0.05) is 55.3 Å². The molecule has 0 saturated carbocycles. The van der Waals surface area contributed by atoms with Crippen LogP contribution in [0.2, 0.25) is 0 Å². The molecule has 1 aliphatic heterocycles. The van der Waals surface area contributed by atoms with Crippen LogP contribution in [0.15, 0.2) is 29.2 Å². The van der Waals surface area contributed by atoms with E-state index in [0.717, 1.165) is 25.1 Å². The van der Waals surface area contributed by atoms with Gasteiger partial charge in [-0.2, -0.15) is 5.10 Å². The lowest BCUT2D eigenvalue weighted by Gasteiger charge is -2.32. The van der Waals surface area contributed by atoms with Crippen molar-refractivity contribution in [1.29, 1.82) is 0 Å². The monoisotopic (exact) mass is 300 g/mol. The molecule has 1 aliphatic rings. The third-order valence-electron chi connectivity index (χ3n) is 4.21. The van der Waals surface area contributed by atoms with E-state index >= 15 is 0 Å². The molecule has 3 heterocycles. The minimum Gasteiger partial charge on any atom is -0.338 e. The Labute approximate surface area is 128 Å². The highest BCUT2D eigenvalue weighted by Gasteiger charge is 2.27. The van der Waals surface area contributed by atoms with E-state index in [-0.39, 0.29) is 11.5 Å². The van der Waals surface area contributed by atoms with Crippen molar-refractivity contribution >= 4 is 5.91 Å². The number of aromatic nitrogens is 3. The number of aryl methyl sites for hydroxylation is 2. The Hall–Kier alpha value is -2.37. The molecule has 116 valence electrons. The average molecular weight is 300 g/mol. The Bertz CT molecular complexity index is 747. The number of pyridine rings is 1. The third-order valence-corrected chi connectivity index (χ3v) is 4.21. The predicted molar refractivity (Wildman–Crippen MR) is 82.9 cm³/mol. The van der Waals surface area contributed by atoms with Gasteiger partial charge in [-0.15, -0.1) is 0 Å². The number of aromatic amines is 1. The van der Waals surface area contributed by atoms with Gasteiger partial charge in [-0.1, -0.05) is 0 Å². The van der Waals surface area contributed by atoms with E-state index in [1.54, 1.807) is 19.2 Å². The number of likely N-dealkylation sites (tertiary alicyclic amines) is 1. The zero-order chi connectivity index (χ0) is 15.7. The van der Waals surface area contributed by atoms with Crippen LogP contribution in [0.5, 0.6) is 0 Å². The Morgan fingerprint density at radius 2 is 2.23 bits per heavy atom. The van der Waals surface area contributed by atoms with Crippen molar-refractivity contribution in [3.8, 4) is 0 Å². The van der Waals surface area contributed by atoms with Crippen molar-refractivity contribution in [3.05, 3.63) is 51.7 Å². The van der Waals surface area contributed by atoms with Crippen LogP contribution < -0.4 is 5.56 Å². The normalized spacial score (nSPS) is 18.5. The Kier molecular flexibility index (Phi) is 3.83. The van der Waals surface area contributed by atoms with Gasteiger partial charge in [-0.25, -0.2) is 0 Å². The van der Waals surface area contributed by atoms with Crippen molar-refractivity contribution in [1.82, 2.24) is 19.7 Å². The molecule has 1 atom stereocenters. The average Bonchev–Trinajstić information content (AvgIpc) is 2.92. The van der Waals surface area contributed by atoms with Gasteiger partial charge in [0.15, 0.2) is 0 Å². The Morgan fingerprint density at radius 1 is 1.41 bits per heavy atom. The van der Waals surface area contributed by atoms with Gasteiger partial charge in [0.05, 0.1) is 0 Å². The lowest BCUT2D eigenvalue weighted by Crippen LogP contribution is -2.40. The molecule has 3 rings (SSSR count). The van der Waals surface area contributed by atoms with E-state index in [2.05, 4.69) is 10.1 Å². The van der Waals surface area contributed by atoms with Crippen molar-refractivity contribution in [2.75, 3.05) is 13.1 Å². The Balaban J connectivity index is 1.81. The first-order valence-electron chi connectivity index (χ1n) is 7.53. The predicted octanol–water partition coefficient (Wildman–Crippen LogP) is 1.44. The number of amides is 1. The summed E-state index contributed by atoms with van der Waals surface area (Å²) >= 11 is 0. The van der Waals surface area contributed by atoms with Crippen LogP contribution >= 0.6 is 0 Å². The van der Waals surface area contributed by atoms with Gasteiger partial charge in [0.2, 0.25) is 5.56 Å². The molecular weight excluding hydrogens is 280 g/mol. The van der Waals surface area contributed by atoms with Gasteiger partial charge in [-0.05, 0) is 31.9 Å². The zero-order valence-corrected chi connectivity index (χ0v) is 12.9. The highest BCUT2D eigenvalue weighted by Crippen LogP contribution is 2.27. The molecule has 1 unspecified atom stereocenters. The van der Waals surface area contributed by atoms with Crippen LogP contribution in [0.3, 0.4) is 0 Å². The molecule has 2 aromatic heterocycles. The van der Waals surface area contributed by atoms with E-state index in [9.17, 15) is 9.59 Å². The third kappa shape index (κ3) is 2.81. The summed E-state index contributed by atoms with van der Waals surface area (Å²) in [4.78, 5) is 28.7. The lowest BCUT2D eigenvalue weighted by molar-refractivity contribution is 0.0704. The quantitative estimate of drug-likeness (QED) is 0.912. The summed E-state index contributed by atoms with van der Waals surface area (Å²) in [6.45, 7) is 3.19. The second-order valence-electron chi connectivity index (χ2n) is 5.89. The fraction of sp³-hybridized carbons (Fsp3) is 0.438. The summed E-state index contributed by atoms with van der Waals surface area (Å²) in [7, 11) is 1.93. The van der Waals surface area contributed by atoms with Gasteiger partial charge >= 0.3 is 0 Å². The zero-order valence-electron chi connectivity index (χ0n) is 12.9. The fourth-order valence-electron chi connectivity index (χ4n) is 3.18. The number of hydrogen-bond donors (Lipinski definition) is 1. The molecule has 1 fully saturated rings. The molecule has 6 nitrogen and oxygen atoms in total. The highest BCUT2D eigenvalue weighted by atomic mass is 16.2. The number of rotatable bonds is 2. The molecule has 0 radical (unpaired) electrons. The van der Waals surface area contributed by atoms with Crippen LogP contribution in [0.1, 0.15) is 40.5 Å². The first-order valence-corrected chi connectivity index (χ1v) is 7.53. The number of nitrogens with one attached hydrogen (secondary N) is 1. The van der Waals surface area contributed by atoms with Gasteiger partial charge in [0.25, 0.3) is 5.91 Å². The maximum atomic E-state index is 12.7. The van der Waals surface area contributed by atoms with Gasteiger partial charge < -0.3 is 9.88 Å². The molecule has 1 amide bonds. The minimum atomic E-state index is -0.233. The van der Waals surface area contributed by atoms with Crippen molar-refractivity contribution in [3.63, 3.8) is 0 Å². The van der Waals surface area contributed by atoms with Crippen LogP contribution in [0, 0.1) is 6.92 Å². The molecular formula is C16H20N4O2. The van der Waals surface area contributed by atoms with Crippen molar-refractivity contribution in [2.24, 2.45) is 7.05 Å². The first kappa shape index (κ1) is 14.6. The summed E-state index contributed by atoms with van der Waals surface area (Å²) in [6, 6.07) is 5.12. The van der Waals surface area contributed by atoms with E-state index < -0.39 is 0 Å². The van der Waals surface area contributed by atoms with Crippen LogP contribution in [-0.4, -0.2) is 38.7 Å². The molecule has 6 heteroatoms. The molecule has 22 heavy (non-hydrogen) atoms. The number of nitrogens with zero attached hydrogens (tertiary/aromatic N) is 3. The molecule has 1 saturated heterocycles. The van der Waals surface area contributed by atoms with E-state index in [1.807, 2.05) is 22.7 Å². The summed E-state index contributed by atoms with van der Waals surface area (Å²) in [5.41, 5.74) is 2.09. The summed E-state index contributed by atoms with van der Waals surface area (Å²) < 4.78 is 1.87. The maximum Gasteiger partial charge on any atom is 0.254 e. The number of hydrogen-bond acceptors (Lipinski definition) is 3. The first-order chi connectivity index (χ1) is 10.5. The summed E-state index contributed by atoms with van der Waals surface area (Å²) in [5, 5.41) is 4.21. The van der Waals surface area contributed by atoms with Gasteiger partial charge in [-0.3, -0.25) is 14.3 Å². The molecule has 2 aromatic rings. The number of H-pyrrole nitrogens is 1. The second-order valence-corrected chi connectivity index (χ2v) is 5.89. The topological polar surface area (TPSA) is 71.0 Å². The molecule has 0 bridgehead atoms. The number of carbonyl (C=O) groups is 1. The standard InChI is InChI=1S/C16H20N4O2/c1-11-8-13(9-15(21)18-11)16(22)20-7-3-4-12(10-20)14-5-6-17-19(14)2/h5-6,8-9,12H,3-4,7,10H2,1-2H3,(H,18,21). The van der Waals surface area contributed by atoms with Crippen LogP contribution in [0.25, 0.3) is 0 Å². The van der Waals surface area contributed by atoms with Crippen molar-refractivity contribution in [2.45, 2.75) is 25.7 Å². The maximum absolute atomic E-state index is 12.7. The van der Waals surface area contributed by atoms with E-state index in [0.29, 0.717) is 23.7 Å². The number of piperidine rings is 1. The Morgan fingerprint density at radius 3 is 2.91 bits per heavy atom. The SMILES string of the molecule is Cc1cc(C(=O)N2CCCC(c3ccnn3C)C2)cc(=O)[nH]1. The minimum absolute atomic E-state index is 0.0685. The van der Waals surface area contributed by atoms with Crippen LogP contribution in [0.4, 0.5) is 0 Å². The largest absolute Gasteiger partial charge is 0.338 e. The van der Waals surface area contributed by atoms with E-state index in [4.69, 9.17) is 0 Å². The molecule has 1 N–H and O–H groups in total. The summed E-state index contributed by atoms with van der Waals surface area (Å²) in [5.74, 6) is 0.231. The summed E-state index contributed by atoms with van der Waals surface area (Å²) in [6.07, 6.45) is 3.80. The highest BCUT2D eigenvalue weighted by molar-refractivity contribution is 5.94. The molecule has 0 spiro atoms. The van der Waals surface area contributed by atoms with Crippen LogP contribution in [-0.2, 0) is 7.05 Å². The molecule has 0 aliphatic carbocycles. The number of carbonyl (C=O) groups excluding carboxylic acids is 1. The smallest absolute Gasteiger partial charge is 0.254 e. The lowest BCUT2D eigenvalue weighted by atomic mass is 9.94. The fourth-order valence-corrected chi connectivity index (χ4v) is 3.18. The second kappa shape index (κ2) is 5.79. The molecule has 0 aromatic carbocycles.